The molecular formula is C13H25NO3Si. The van der Waals surface area contributed by atoms with Crippen LogP contribution in [0.3, 0.4) is 0 Å². The number of nitrogens with one attached hydrogen (secondary N) is 1. The molecule has 1 aliphatic rings. The van der Waals surface area contributed by atoms with Crippen LogP contribution in [0.25, 0.3) is 0 Å². The van der Waals surface area contributed by atoms with Crippen molar-refractivity contribution in [2.24, 2.45) is 0 Å². The standard InChI is InChI=1S/C13H25NO3Si/c1-13(2,3)16-12(15)11-9-10(7-8-14-11)17-18(4,5)6/h7,11,14H,8-9H2,1-6H3. The first-order valence-electron chi connectivity index (χ1n) is 6.41. The smallest absolute Gasteiger partial charge is 0.324 e. The van der Waals surface area contributed by atoms with E-state index in [1.54, 1.807) is 0 Å². The maximum Gasteiger partial charge on any atom is 0.324 e. The normalized spacial score (nSPS) is 21.2. The zero-order valence-electron chi connectivity index (χ0n) is 12.3. The molecule has 1 heterocycles. The van der Waals surface area contributed by atoms with Gasteiger partial charge in [0.25, 0.3) is 0 Å². The highest BCUT2D eigenvalue weighted by molar-refractivity contribution is 6.70. The van der Waals surface area contributed by atoms with Crippen molar-refractivity contribution in [1.82, 2.24) is 5.32 Å². The van der Waals surface area contributed by atoms with Crippen molar-refractivity contribution >= 4 is 14.3 Å². The molecule has 0 aliphatic carbocycles. The molecule has 5 heteroatoms. The topological polar surface area (TPSA) is 47.6 Å². The summed E-state index contributed by atoms with van der Waals surface area (Å²) in [5.74, 6) is 0.719. The van der Waals surface area contributed by atoms with Crippen LogP contribution in [0.2, 0.25) is 19.6 Å². The Morgan fingerprint density at radius 1 is 1.39 bits per heavy atom. The summed E-state index contributed by atoms with van der Waals surface area (Å²) in [5, 5.41) is 3.14. The zero-order chi connectivity index (χ0) is 14.0. The number of carbonyl (C=O) groups is 1. The molecule has 1 rings (SSSR count). The average Bonchev–Trinajstić information content (AvgIpc) is 2.12. The van der Waals surface area contributed by atoms with E-state index < -0.39 is 13.9 Å². The van der Waals surface area contributed by atoms with Gasteiger partial charge in [0, 0.05) is 13.0 Å². The largest absolute Gasteiger partial charge is 0.547 e. The minimum absolute atomic E-state index is 0.202. The van der Waals surface area contributed by atoms with E-state index in [-0.39, 0.29) is 12.0 Å². The molecule has 0 radical (unpaired) electrons. The van der Waals surface area contributed by atoms with Crippen LogP contribution in [0.4, 0.5) is 0 Å². The van der Waals surface area contributed by atoms with Gasteiger partial charge in [0.15, 0.2) is 0 Å². The molecule has 0 aromatic rings. The van der Waals surface area contributed by atoms with Gasteiger partial charge in [-0.2, -0.15) is 0 Å². The monoisotopic (exact) mass is 271 g/mol. The molecule has 1 N–H and O–H groups in total. The maximum atomic E-state index is 12.0. The van der Waals surface area contributed by atoms with Gasteiger partial charge in [-0.05, 0) is 46.5 Å². The highest BCUT2D eigenvalue weighted by Gasteiger charge is 2.29. The third-order valence-corrected chi connectivity index (χ3v) is 3.10. The van der Waals surface area contributed by atoms with Gasteiger partial charge in [-0.3, -0.25) is 4.79 Å². The fourth-order valence-corrected chi connectivity index (χ4v) is 2.64. The molecule has 4 nitrogen and oxygen atoms in total. The van der Waals surface area contributed by atoms with Crippen LogP contribution in [0.1, 0.15) is 27.2 Å². The van der Waals surface area contributed by atoms with Crippen molar-refractivity contribution in [3.8, 4) is 0 Å². The van der Waals surface area contributed by atoms with Crippen molar-refractivity contribution < 1.29 is 14.0 Å². The molecule has 0 bridgehead atoms. The van der Waals surface area contributed by atoms with Gasteiger partial charge in [0.1, 0.15) is 11.6 Å². The first kappa shape index (κ1) is 15.2. The molecule has 1 atom stereocenters. The Labute approximate surface area is 111 Å². The van der Waals surface area contributed by atoms with E-state index in [9.17, 15) is 4.79 Å². The van der Waals surface area contributed by atoms with Gasteiger partial charge in [-0.15, -0.1) is 0 Å². The van der Waals surface area contributed by atoms with Gasteiger partial charge in [-0.25, -0.2) is 0 Å². The van der Waals surface area contributed by atoms with Crippen molar-refractivity contribution in [2.75, 3.05) is 6.54 Å². The number of hydrogen-bond donors (Lipinski definition) is 1. The number of carbonyl (C=O) groups excluding carboxylic acids is 1. The van der Waals surface area contributed by atoms with Gasteiger partial charge in [0.05, 0.1) is 5.76 Å². The van der Waals surface area contributed by atoms with Crippen LogP contribution in [0.5, 0.6) is 0 Å². The Morgan fingerprint density at radius 3 is 2.50 bits per heavy atom. The van der Waals surface area contributed by atoms with Gasteiger partial charge < -0.3 is 14.5 Å². The fraction of sp³-hybridized carbons (Fsp3) is 0.769. The first-order valence-corrected chi connectivity index (χ1v) is 9.82. The van der Waals surface area contributed by atoms with E-state index in [1.165, 1.54) is 0 Å². The lowest BCUT2D eigenvalue weighted by atomic mass is 10.1. The summed E-state index contributed by atoms with van der Waals surface area (Å²) in [6.45, 7) is 12.7. The van der Waals surface area contributed by atoms with Crippen LogP contribution < -0.4 is 5.32 Å². The zero-order valence-corrected chi connectivity index (χ0v) is 13.3. The van der Waals surface area contributed by atoms with Crippen LogP contribution in [0.15, 0.2) is 11.8 Å². The van der Waals surface area contributed by atoms with Crippen LogP contribution >= 0.6 is 0 Å². The minimum Gasteiger partial charge on any atom is -0.547 e. The summed E-state index contributed by atoms with van der Waals surface area (Å²) in [5.41, 5.74) is -0.445. The predicted octanol–water partition coefficient (Wildman–Crippen LogP) is 2.43. The third kappa shape index (κ3) is 5.69. The van der Waals surface area contributed by atoms with Gasteiger partial charge in [0.2, 0.25) is 8.32 Å². The number of rotatable bonds is 3. The summed E-state index contributed by atoms with van der Waals surface area (Å²) in [6.07, 6.45) is 2.60. The number of ether oxygens (including phenoxy) is 1. The molecule has 0 aromatic carbocycles. The second-order valence-electron chi connectivity index (χ2n) is 6.58. The second-order valence-corrected chi connectivity index (χ2v) is 11.0. The fourth-order valence-electron chi connectivity index (χ4n) is 1.69. The molecule has 0 aromatic heterocycles. The Balaban J connectivity index is 2.57. The van der Waals surface area contributed by atoms with Crippen molar-refractivity contribution in [3.63, 3.8) is 0 Å². The Morgan fingerprint density at radius 2 is 2.00 bits per heavy atom. The lowest BCUT2D eigenvalue weighted by Crippen LogP contribution is -2.44. The van der Waals surface area contributed by atoms with E-state index in [2.05, 4.69) is 25.0 Å². The minimum atomic E-state index is -1.60. The van der Waals surface area contributed by atoms with E-state index in [0.717, 1.165) is 5.76 Å². The van der Waals surface area contributed by atoms with Gasteiger partial charge in [-0.1, -0.05) is 0 Å². The second kappa shape index (κ2) is 5.44. The van der Waals surface area contributed by atoms with Crippen molar-refractivity contribution in [2.45, 2.75) is 58.5 Å². The maximum absolute atomic E-state index is 12.0. The van der Waals surface area contributed by atoms with Crippen LogP contribution in [0, 0.1) is 0 Å². The SMILES string of the molecule is CC(C)(C)OC(=O)C1CC(O[Si](C)(C)C)=CCN1. The van der Waals surface area contributed by atoms with Gasteiger partial charge >= 0.3 is 5.97 Å². The molecule has 0 spiro atoms. The summed E-state index contributed by atoms with van der Waals surface area (Å²) in [6, 6.07) is -0.291. The molecule has 1 unspecified atom stereocenters. The summed E-state index contributed by atoms with van der Waals surface area (Å²) in [7, 11) is -1.60. The highest BCUT2D eigenvalue weighted by atomic mass is 28.4. The number of hydrogen-bond acceptors (Lipinski definition) is 4. The Kier molecular flexibility index (Phi) is 4.61. The lowest BCUT2D eigenvalue weighted by molar-refractivity contribution is -0.157. The summed E-state index contributed by atoms with van der Waals surface area (Å²) >= 11 is 0. The van der Waals surface area contributed by atoms with E-state index in [1.807, 2.05) is 26.8 Å². The first-order chi connectivity index (χ1) is 8.07. The Hall–Kier alpha value is -0.813. The molecule has 0 fully saturated rings. The lowest BCUT2D eigenvalue weighted by Gasteiger charge is -2.30. The predicted molar refractivity (Wildman–Crippen MR) is 74.8 cm³/mol. The van der Waals surface area contributed by atoms with E-state index in [4.69, 9.17) is 9.16 Å². The molecule has 0 amide bonds. The summed E-state index contributed by atoms with van der Waals surface area (Å²) < 4.78 is 11.3. The quantitative estimate of drug-likeness (QED) is 0.632. The van der Waals surface area contributed by atoms with Crippen molar-refractivity contribution in [3.05, 3.63) is 11.8 Å². The van der Waals surface area contributed by atoms with Crippen molar-refractivity contribution in [1.29, 1.82) is 0 Å². The molecule has 104 valence electrons. The molecule has 18 heavy (non-hydrogen) atoms. The Bertz CT molecular complexity index is 339. The molecule has 1 aliphatic heterocycles. The number of esters is 1. The molecule has 0 saturated carbocycles. The van der Waals surface area contributed by atoms with Crippen LogP contribution in [-0.4, -0.2) is 32.5 Å². The highest BCUT2D eigenvalue weighted by Crippen LogP contribution is 2.19. The third-order valence-electron chi connectivity index (χ3n) is 2.23. The van der Waals surface area contributed by atoms with E-state index >= 15 is 0 Å². The molecule has 0 saturated heterocycles. The molecular weight excluding hydrogens is 246 g/mol. The van der Waals surface area contributed by atoms with E-state index in [0.29, 0.717) is 13.0 Å². The average molecular weight is 271 g/mol. The van der Waals surface area contributed by atoms with Crippen LogP contribution in [-0.2, 0) is 14.0 Å². The summed E-state index contributed by atoms with van der Waals surface area (Å²) in [4.78, 5) is 12.0.